The van der Waals surface area contributed by atoms with Crippen LogP contribution in [0.3, 0.4) is 0 Å². The van der Waals surface area contributed by atoms with E-state index in [0.717, 1.165) is 31.5 Å². The normalized spacial score (nSPS) is 11.9. The Bertz CT molecular complexity index is 401. The zero-order valence-corrected chi connectivity index (χ0v) is 12.7. The summed E-state index contributed by atoms with van der Waals surface area (Å²) in [5.74, 6) is -0.190. The minimum atomic E-state index is -0.190. The molecule has 0 radical (unpaired) electrons. The van der Waals surface area contributed by atoms with Crippen LogP contribution in [0, 0.1) is 5.82 Å². The fourth-order valence-corrected chi connectivity index (χ4v) is 2.18. The molecule has 0 atom stereocenters. The van der Waals surface area contributed by atoms with Gasteiger partial charge in [0.15, 0.2) is 0 Å². The second-order valence-corrected chi connectivity index (χ2v) is 5.27. The second kappa shape index (κ2) is 8.44. The summed E-state index contributed by atoms with van der Waals surface area (Å²) in [6.07, 6.45) is 5.21. The van der Waals surface area contributed by atoms with Gasteiger partial charge < -0.3 is 5.32 Å². The summed E-state index contributed by atoms with van der Waals surface area (Å²) >= 11 is 3.30. The third-order valence-electron chi connectivity index (χ3n) is 2.74. The van der Waals surface area contributed by atoms with Crippen molar-refractivity contribution in [3.05, 3.63) is 45.7 Å². The molecule has 1 aromatic carbocycles. The molecule has 0 unspecified atom stereocenters. The Morgan fingerprint density at radius 2 is 2.17 bits per heavy atom. The van der Waals surface area contributed by atoms with E-state index in [9.17, 15) is 4.39 Å². The molecule has 1 N–H and O–H groups in total. The summed E-state index contributed by atoms with van der Waals surface area (Å²) in [7, 11) is 0. The molecule has 0 heterocycles. The standard InChI is InChI=1S/C15H21BrFN/c1-3-9-18-10-5-6-12(2)11-13-7-4-8-14(17)15(13)16/h4,6-8,18H,3,5,9-11H2,1-2H3/b12-6-. The quantitative estimate of drug-likeness (QED) is 0.578. The van der Waals surface area contributed by atoms with Crippen molar-refractivity contribution < 1.29 is 4.39 Å². The number of nitrogens with one attached hydrogen (secondary N) is 1. The summed E-state index contributed by atoms with van der Waals surface area (Å²) < 4.78 is 13.9. The van der Waals surface area contributed by atoms with Crippen molar-refractivity contribution in [2.75, 3.05) is 13.1 Å². The molecule has 0 aliphatic heterocycles. The van der Waals surface area contributed by atoms with Crippen molar-refractivity contribution in [1.29, 1.82) is 0 Å². The predicted octanol–water partition coefficient (Wildman–Crippen LogP) is 4.47. The first-order valence-electron chi connectivity index (χ1n) is 6.44. The summed E-state index contributed by atoms with van der Waals surface area (Å²) in [6, 6.07) is 5.19. The highest BCUT2D eigenvalue weighted by Gasteiger charge is 2.05. The van der Waals surface area contributed by atoms with Crippen molar-refractivity contribution in [2.24, 2.45) is 0 Å². The molecular weight excluding hydrogens is 293 g/mol. The van der Waals surface area contributed by atoms with Gasteiger partial charge in [0.1, 0.15) is 5.82 Å². The summed E-state index contributed by atoms with van der Waals surface area (Å²) in [5, 5.41) is 3.36. The first kappa shape index (κ1) is 15.4. The number of halogens is 2. The number of allylic oxidation sites excluding steroid dienone is 1. The monoisotopic (exact) mass is 313 g/mol. The lowest BCUT2D eigenvalue weighted by Gasteiger charge is -2.06. The molecule has 0 saturated heterocycles. The Morgan fingerprint density at radius 3 is 2.89 bits per heavy atom. The maximum Gasteiger partial charge on any atom is 0.137 e. The average Bonchev–Trinajstić information content (AvgIpc) is 2.35. The molecule has 0 aromatic heterocycles. The Balaban J connectivity index is 2.46. The lowest BCUT2D eigenvalue weighted by atomic mass is 10.1. The van der Waals surface area contributed by atoms with Crippen molar-refractivity contribution >= 4 is 15.9 Å². The van der Waals surface area contributed by atoms with E-state index < -0.39 is 0 Å². The molecule has 0 spiro atoms. The third kappa shape index (κ3) is 5.32. The Morgan fingerprint density at radius 1 is 1.39 bits per heavy atom. The molecule has 0 saturated carbocycles. The minimum Gasteiger partial charge on any atom is -0.316 e. The maximum atomic E-state index is 13.3. The van der Waals surface area contributed by atoms with Gasteiger partial charge in [-0.15, -0.1) is 0 Å². The molecule has 3 heteroatoms. The van der Waals surface area contributed by atoms with E-state index in [-0.39, 0.29) is 5.82 Å². The largest absolute Gasteiger partial charge is 0.316 e. The highest BCUT2D eigenvalue weighted by molar-refractivity contribution is 9.10. The lowest BCUT2D eigenvalue weighted by Crippen LogP contribution is -2.15. The van der Waals surface area contributed by atoms with Crippen LogP contribution in [0.15, 0.2) is 34.3 Å². The van der Waals surface area contributed by atoms with Crippen LogP contribution in [0.4, 0.5) is 4.39 Å². The van der Waals surface area contributed by atoms with Crippen LogP contribution < -0.4 is 5.32 Å². The summed E-state index contributed by atoms with van der Waals surface area (Å²) in [5.41, 5.74) is 2.28. The number of hydrogen-bond acceptors (Lipinski definition) is 1. The molecule has 0 aliphatic rings. The van der Waals surface area contributed by atoms with Gasteiger partial charge >= 0.3 is 0 Å². The van der Waals surface area contributed by atoms with E-state index in [0.29, 0.717) is 4.47 Å². The second-order valence-electron chi connectivity index (χ2n) is 4.48. The van der Waals surface area contributed by atoms with Crippen molar-refractivity contribution in [1.82, 2.24) is 5.32 Å². The van der Waals surface area contributed by atoms with Gasteiger partial charge in [-0.3, -0.25) is 0 Å². The highest BCUT2D eigenvalue weighted by atomic mass is 79.9. The van der Waals surface area contributed by atoms with E-state index in [1.165, 1.54) is 18.1 Å². The molecule has 1 aromatic rings. The minimum absolute atomic E-state index is 0.190. The Kier molecular flexibility index (Phi) is 7.21. The maximum absolute atomic E-state index is 13.3. The zero-order valence-electron chi connectivity index (χ0n) is 11.1. The Hall–Kier alpha value is -0.670. The van der Waals surface area contributed by atoms with Gasteiger partial charge in [0.25, 0.3) is 0 Å². The van der Waals surface area contributed by atoms with Crippen LogP contribution in [0.2, 0.25) is 0 Å². The average molecular weight is 314 g/mol. The highest BCUT2D eigenvalue weighted by Crippen LogP contribution is 2.22. The van der Waals surface area contributed by atoms with Crippen LogP contribution in [0.25, 0.3) is 0 Å². The Labute approximate surface area is 118 Å². The number of hydrogen-bond donors (Lipinski definition) is 1. The van der Waals surface area contributed by atoms with Crippen LogP contribution in [0.1, 0.15) is 32.3 Å². The third-order valence-corrected chi connectivity index (χ3v) is 3.63. The van der Waals surface area contributed by atoms with Crippen LogP contribution >= 0.6 is 15.9 Å². The first-order chi connectivity index (χ1) is 8.65. The van der Waals surface area contributed by atoms with Gasteiger partial charge in [-0.2, -0.15) is 0 Å². The molecule has 0 fully saturated rings. The van der Waals surface area contributed by atoms with E-state index in [2.05, 4.69) is 41.2 Å². The number of benzene rings is 1. The molecule has 0 aliphatic carbocycles. The van der Waals surface area contributed by atoms with E-state index in [1.807, 2.05) is 6.07 Å². The van der Waals surface area contributed by atoms with Crippen molar-refractivity contribution in [3.8, 4) is 0 Å². The lowest BCUT2D eigenvalue weighted by molar-refractivity contribution is 0.618. The SMILES string of the molecule is CCCNCC/C=C(/C)Cc1cccc(F)c1Br. The van der Waals surface area contributed by atoms with Gasteiger partial charge in [-0.05, 0) is 66.8 Å². The zero-order chi connectivity index (χ0) is 13.4. The van der Waals surface area contributed by atoms with Gasteiger partial charge in [-0.1, -0.05) is 30.7 Å². The molecule has 18 heavy (non-hydrogen) atoms. The van der Waals surface area contributed by atoms with Crippen LogP contribution in [-0.2, 0) is 6.42 Å². The van der Waals surface area contributed by atoms with E-state index >= 15 is 0 Å². The predicted molar refractivity (Wildman–Crippen MR) is 79.3 cm³/mol. The van der Waals surface area contributed by atoms with E-state index in [4.69, 9.17) is 0 Å². The molecule has 0 bridgehead atoms. The first-order valence-corrected chi connectivity index (χ1v) is 7.23. The molecule has 1 rings (SSSR count). The molecular formula is C15H21BrFN. The van der Waals surface area contributed by atoms with Gasteiger partial charge in [0.2, 0.25) is 0 Å². The fourth-order valence-electron chi connectivity index (χ4n) is 1.78. The number of rotatable bonds is 7. The van der Waals surface area contributed by atoms with Crippen molar-refractivity contribution in [3.63, 3.8) is 0 Å². The van der Waals surface area contributed by atoms with Gasteiger partial charge in [0.05, 0.1) is 4.47 Å². The van der Waals surface area contributed by atoms with Gasteiger partial charge in [-0.25, -0.2) is 4.39 Å². The molecule has 0 amide bonds. The van der Waals surface area contributed by atoms with Crippen LogP contribution in [0.5, 0.6) is 0 Å². The topological polar surface area (TPSA) is 12.0 Å². The molecule has 100 valence electrons. The van der Waals surface area contributed by atoms with Crippen LogP contribution in [-0.4, -0.2) is 13.1 Å². The van der Waals surface area contributed by atoms with Gasteiger partial charge in [0, 0.05) is 0 Å². The van der Waals surface area contributed by atoms with E-state index in [1.54, 1.807) is 6.07 Å². The summed E-state index contributed by atoms with van der Waals surface area (Å²) in [6.45, 7) is 6.34. The smallest absolute Gasteiger partial charge is 0.137 e. The molecule has 1 nitrogen and oxygen atoms in total. The summed E-state index contributed by atoms with van der Waals surface area (Å²) in [4.78, 5) is 0. The van der Waals surface area contributed by atoms with Crippen molar-refractivity contribution in [2.45, 2.75) is 33.1 Å². The fraction of sp³-hybridized carbons (Fsp3) is 0.467.